The number of hydrogen-bond acceptors (Lipinski definition) is 4. The lowest BCUT2D eigenvalue weighted by molar-refractivity contribution is -0.148. The molecule has 1 unspecified atom stereocenters. The number of amides is 1. The van der Waals surface area contributed by atoms with Gasteiger partial charge in [-0.25, -0.2) is 4.79 Å². The van der Waals surface area contributed by atoms with Crippen LogP contribution >= 0.6 is 0 Å². The van der Waals surface area contributed by atoms with Crippen molar-refractivity contribution in [2.24, 2.45) is 11.3 Å². The minimum atomic E-state index is -0.871. The third-order valence-electron chi connectivity index (χ3n) is 4.34. The van der Waals surface area contributed by atoms with E-state index in [1.807, 2.05) is 13.8 Å². The van der Waals surface area contributed by atoms with Gasteiger partial charge in [-0.15, -0.1) is 0 Å². The standard InChI is InChI=1S/C17H29NO5/c1-4-23-16(22)13(9-12(2)3)18-14(19)10-17(11-15(20)21)7-5-6-8-17/h12-13H,4-11H2,1-3H3,(H,18,19)(H,20,21). The molecule has 2 N–H and O–H groups in total. The Balaban J connectivity index is 2.69. The van der Waals surface area contributed by atoms with Crippen molar-refractivity contribution >= 4 is 17.8 Å². The number of aliphatic carboxylic acids is 1. The number of carboxylic acids is 1. The number of carbonyl (C=O) groups excluding carboxylic acids is 2. The van der Waals surface area contributed by atoms with Crippen molar-refractivity contribution in [3.05, 3.63) is 0 Å². The molecule has 1 aliphatic rings. The predicted octanol–water partition coefficient (Wildman–Crippen LogP) is 2.51. The Morgan fingerprint density at radius 1 is 1.17 bits per heavy atom. The molecule has 1 rings (SSSR count). The fourth-order valence-corrected chi connectivity index (χ4v) is 3.38. The summed E-state index contributed by atoms with van der Waals surface area (Å²) in [4.78, 5) is 35.4. The summed E-state index contributed by atoms with van der Waals surface area (Å²) in [5.74, 6) is -1.31. The van der Waals surface area contributed by atoms with E-state index in [-0.39, 0.29) is 31.3 Å². The monoisotopic (exact) mass is 327 g/mol. The van der Waals surface area contributed by atoms with E-state index in [4.69, 9.17) is 9.84 Å². The lowest BCUT2D eigenvalue weighted by Crippen LogP contribution is -2.44. The van der Waals surface area contributed by atoms with Crippen LogP contribution in [0.2, 0.25) is 0 Å². The van der Waals surface area contributed by atoms with Gasteiger partial charge in [0.2, 0.25) is 5.91 Å². The molecule has 0 aromatic rings. The summed E-state index contributed by atoms with van der Waals surface area (Å²) in [5, 5.41) is 11.9. The first-order chi connectivity index (χ1) is 10.8. The molecule has 6 heteroatoms. The summed E-state index contributed by atoms with van der Waals surface area (Å²) in [6, 6.07) is -0.661. The van der Waals surface area contributed by atoms with Gasteiger partial charge < -0.3 is 15.2 Å². The Morgan fingerprint density at radius 2 is 1.78 bits per heavy atom. The van der Waals surface area contributed by atoms with E-state index in [0.29, 0.717) is 6.42 Å². The number of nitrogens with one attached hydrogen (secondary N) is 1. The van der Waals surface area contributed by atoms with Crippen molar-refractivity contribution in [1.82, 2.24) is 5.32 Å². The van der Waals surface area contributed by atoms with Gasteiger partial charge in [0.25, 0.3) is 0 Å². The van der Waals surface area contributed by atoms with E-state index in [9.17, 15) is 14.4 Å². The number of carbonyl (C=O) groups is 3. The molecule has 23 heavy (non-hydrogen) atoms. The second-order valence-corrected chi connectivity index (χ2v) is 6.96. The molecule has 0 aromatic heterocycles. The van der Waals surface area contributed by atoms with Crippen molar-refractivity contribution in [3.8, 4) is 0 Å². The first kappa shape index (κ1) is 19.5. The third kappa shape index (κ3) is 6.59. The van der Waals surface area contributed by atoms with E-state index in [1.165, 1.54) is 0 Å². The molecular weight excluding hydrogens is 298 g/mol. The van der Waals surface area contributed by atoms with Crippen LogP contribution in [0.25, 0.3) is 0 Å². The van der Waals surface area contributed by atoms with Crippen LogP contribution in [0, 0.1) is 11.3 Å². The molecule has 0 aromatic carbocycles. The zero-order valence-electron chi connectivity index (χ0n) is 14.4. The Bertz CT molecular complexity index is 427. The van der Waals surface area contributed by atoms with Crippen LogP contribution < -0.4 is 5.32 Å². The number of carboxylic acid groups (broad SMARTS) is 1. The Kier molecular flexibility index (Phi) is 7.52. The summed E-state index contributed by atoms with van der Waals surface area (Å²) in [6.07, 6.45) is 4.09. The smallest absolute Gasteiger partial charge is 0.328 e. The highest BCUT2D eigenvalue weighted by molar-refractivity contribution is 5.85. The summed E-state index contributed by atoms with van der Waals surface area (Å²) >= 11 is 0. The third-order valence-corrected chi connectivity index (χ3v) is 4.34. The van der Waals surface area contributed by atoms with Crippen molar-refractivity contribution in [2.75, 3.05) is 6.61 Å². The molecule has 1 fully saturated rings. The maximum atomic E-state index is 12.4. The van der Waals surface area contributed by atoms with Crippen LogP contribution in [0.4, 0.5) is 0 Å². The first-order valence-corrected chi connectivity index (χ1v) is 8.46. The largest absolute Gasteiger partial charge is 0.481 e. The van der Waals surface area contributed by atoms with Crippen molar-refractivity contribution in [2.45, 2.75) is 71.8 Å². The molecule has 132 valence electrons. The van der Waals surface area contributed by atoms with Crippen LogP contribution in [0.15, 0.2) is 0 Å². The Morgan fingerprint density at radius 3 is 2.26 bits per heavy atom. The molecule has 1 aliphatic carbocycles. The highest BCUT2D eigenvalue weighted by Crippen LogP contribution is 2.44. The second kappa shape index (κ2) is 8.89. The van der Waals surface area contributed by atoms with Crippen LogP contribution in [-0.2, 0) is 19.1 Å². The maximum Gasteiger partial charge on any atom is 0.328 e. The van der Waals surface area contributed by atoms with Gasteiger partial charge in [0.15, 0.2) is 0 Å². The van der Waals surface area contributed by atoms with Gasteiger partial charge in [-0.05, 0) is 37.5 Å². The highest BCUT2D eigenvalue weighted by atomic mass is 16.5. The first-order valence-electron chi connectivity index (χ1n) is 8.46. The minimum absolute atomic E-state index is 0.00860. The van der Waals surface area contributed by atoms with Gasteiger partial charge in [0, 0.05) is 6.42 Å². The topological polar surface area (TPSA) is 92.7 Å². The lowest BCUT2D eigenvalue weighted by atomic mass is 9.79. The van der Waals surface area contributed by atoms with E-state index in [1.54, 1.807) is 6.92 Å². The summed E-state index contributed by atoms with van der Waals surface area (Å²) in [7, 11) is 0. The van der Waals surface area contributed by atoms with Crippen LogP contribution in [0.1, 0.15) is 65.7 Å². The summed E-state index contributed by atoms with van der Waals surface area (Å²) in [6.45, 7) is 5.95. The lowest BCUT2D eigenvalue weighted by Gasteiger charge is -2.27. The molecule has 6 nitrogen and oxygen atoms in total. The molecule has 0 saturated heterocycles. The highest BCUT2D eigenvalue weighted by Gasteiger charge is 2.38. The molecule has 0 radical (unpaired) electrons. The van der Waals surface area contributed by atoms with Crippen molar-refractivity contribution < 1.29 is 24.2 Å². The zero-order valence-corrected chi connectivity index (χ0v) is 14.4. The Hall–Kier alpha value is -1.59. The molecule has 1 atom stereocenters. The zero-order chi connectivity index (χ0) is 17.5. The fraction of sp³-hybridized carbons (Fsp3) is 0.824. The SMILES string of the molecule is CCOC(=O)C(CC(C)C)NC(=O)CC1(CC(=O)O)CCCC1. The van der Waals surface area contributed by atoms with E-state index >= 15 is 0 Å². The fourth-order valence-electron chi connectivity index (χ4n) is 3.38. The van der Waals surface area contributed by atoms with Gasteiger partial charge in [-0.2, -0.15) is 0 Å². The number of esters is 1. The van der Waals surface area contributed by atoms with Gasteiger partial charge in [0.1, 0.15) is 6.04 Å². The van der Waals surface area contributed by atoms with E-state index < -0.39 is 23.4 Å². The average Bonchev–Trinajstić information content (AvgIpc) is 2.84. The molecular formula is C17H29NO5. The summed E-state index contributed by atoms with van der Waals surface area (Å²) < 4.78 is 5.02. The predicted molar refractivity (Wildman–Crippen MR) is 85.8 cm³/mol. The van der Waals surface area contributed by atoms with Crippen molar-refractivity contribution in [3.63, 3.8) is 0 Å². The average molecular weight is 327 g/mol. The van der Waals surface area contributed by atoms with Gasteiger partial charge in [-0.1, -0.05) is 26.7 Å². The minimum Gasteiger partial charge on any atom is -0.481 e. The van der Waals surface area contributed by atoms with Crippen LogP contribution in [-0.4, -0.2) is 35.6 Å². The van der Waals surface area contributed by atoms with E-state index in [0.717, 1.165) is 25.7 Å². The van der Waals surface area contributed by atoms with Gasteiger partial charge in [0.05, 0.1) is 13.0 Å². The number of ether oxygens (including phenoxy) is 1. The maximum absolute atomic E-state index is 12.4. The molecule has 0 aliphatic heterocycles. The van der Waals surface area contributed by atoms with Crippen LogP contribution in [0.5, 0.6) is 0 Å². The number of hydrogen-bond donors (Lipinski definition) is 2. The molecule has 0 heterocycles. The molecule has 1 amide bonds. The molecule has 0 spiro atoms. The van der Waals surface area contributed by atoms with Crippen molar-refractivity contribution in [1.29, 1.82) is 0 Å². The van der Waals surface area contributed by atoms with Crippen LogP contribution in [0.3, 0.4) is 0 Å². The Labute approximate surface area is 138 Å². The summed E-state index contributed by atoms with van der Waals surface area (Å²) in [5.41, 5.74) is -0.465. The molecule has 1 saturated carbocycles. The van der Waals surface area contributed by atoms with Gasteiger partial charge >= 0.3 is 11.9 Å². The molecule has 0 bridgehead atoms. The second-order valence-electron chi connectivity index (χ2n) is 6.96. The quantitative estimate of drug-likeness (QED) is 0.635. The van der Waals surface area contributed by atoms with Gasteiger partial charge in [-0.3, -0.25) is 9.59 Å². The normalized spacial score (nSPS) is 17.7. The van der Waals surface area contributed by atoms with E-state index in [2.05, 4.69) is 5.32 Å². The number of rotatable bonds is 9.